The fourth-order valence-electron chi connectivity index (χ4n) is 4.22. The van der Waals surface area contributed by atoms with E-state index in [1.807, 2.05) is 44.1 Å². The molecule has 186 valence electrons. The molecule has 1 aromatic heterocycles. The average molecular weight is 474 g/mol. The number of hydrogen-bond acceptors (Lipinski definition) is 7. The lowest BCUT2D eigenvalue weighted by molar-refractivity contribution is -0.136. The summed E-state index contributed by atoms with van der Waals surface area (Å²) in [5.74, 6) is -0.993. The minimum atomic E-state index is -0.953. The second kappa shape index (κ2) is 12.0. The molecule has 3 rings (SSSR count). The lowest BCUT2D eigenvalue weighted by Crippen LogP contribution is -2.47. The first-order valence-electron chi connectivity index (χ1n) is 11.7. The van der Waals surface area contributed by atoms with Crippen LogP contribution in [0, 0.1) is 5.92 Å². The van der Waals surface area contributed by atoms with Crippen molar-refractivity contribution in [2.45, 2.75) is 58.5 Å². The fraction of sp³-hybridized carbons (Fsp3) is 0.583. The monoisotopic (exact) mass is 473 g/mol. The molecule has 1 aliphatic rings. The number of aromatic carboxylic acids is 1. The number of aliphatic hydroxyl groups excluding tert-OH is 1. The quantitative estimate of drug-likeness (QED) is 0.623. The second-order valence-electron chi connectivity index (χ2n) is 9.14. The fourth-order valence-corrected chi connectivity index (χ4v) is 4.22. The molecule has 3 atom stereocenters. The molecule has 0 saturated heterocycles. The molecule has 1 amide bonds. The molecule has 0 saturated carbocycles. The van der Waals surface area contributed by atoms with Crippen molar-refractivity contribution in [3.05, 3.63) is 47.3 Å². The van der Waals surface area contributed by atoms with Crippen LogP contribution in [0.25, 0.3) is 0 Å². The molecule has 0 radical (unpaired) electrons. The Kier molecular flexibility index (Phi) is 9.14. The van der Waals surface area contributed by atoms with Gasteiger partial charge in [-0.15, -0.1) is 5.10 Å². The van der Waals surface area contributed by atoms with Crippen LogP contribution < -0.4 is 0 Å². The summed E-state index contributed by atoms with van der Waals surface area (Å²) in [6.45, 7) is 6.07. The zero-order chi connectivity index (χ0) is 24.7. The van der Waals surface area contributed by atoms with Crippen LogP contribution in [0.4, 0.5) is 0 Å². The van der Waals surface area contributed by atoms with Gasteiger partial charge in [0, 0.05) is 38.5 Å². The number of nitrogens with zero attached hydrogens (tertiary/aromatic N) is 5. The molecule has 10 nitrogen and oxygen atoms in total. The van der Waals surface area contributed by atoms with Crippen LogP contribution in [-0.4, -0.2) is 85.8 Å². The first-order chi connectivity index (χ1) is 16.3. The van der Waals surface area contributed by atoms with Gasteiger partial charge in [-0.3, -0.25) is 14.4 Å². The molecular formula is C24H35N5O5. The highest BCUT2D eigenvalue weighted by Crippen LogP contribution is 2.19. The number of aliphatic hydroxyl groups is 1. The van der Waals surface area contributed by atoms with Crippen LogP contribution in [0.5, 0.6) is 0 Å². The van der Waals surface area contributed by atoms with Crippen molar-refractivity contribution in [1.82, 2.24) is 24.8 Å². The maximum Gasteiger partial charge on any atom is 0.336 e. The first kappa shape index (κ1) is 25.8. The molecule has 2 bridgehead atoms. The van der Waals surface area contributed by atoms with E-state index in [4.69, 9.17) is 4.74 Å². The number of carbonyl (C=O) groups is 2. The Morgan fingerprint density at radius 2 is 2.12 bits per heavy atom. The van der Waals surface area contributed by atoms with E-state index >= 15 is 0 Å². The third-order valence-electron chi connectivity index (χ3n) is 6.22. The van der Waals surface area contributed by atoms with Crippen molar-refractivity contribution in [1.29, 1.82) is 0 Å². The molecule has 0 fully saturated rings. The van der Waals surface area contributed by atoms with Gasteiger partial charge in [-0.05, 0) is 32.0 Å². The molecule has 0 unspecified atom stereocenters. The highest BCUT2D eigenvalue weighted by molar-refractivity contribution is 5.89. The third kappa shape index (κ3) is 6.85. The summed E-state index contributed by atoms with van der Waals surface area (Å²) >= 11 is 0. The van der Waals surface area contributed by atoms with Crippen LogP contribution in [-0.2, 0) is 29.2 Å². The number of rotatable bonds is 7. The minimum Gasteiger partial charge on any atom is -0.478 e. The number of likely N-dealkylation sites (N-methyl/N-ethyl adjacent to an activating group) is 1. The van der Waals surface area contributed by atoms with Crippen molar-refractivity contribution in [3.63, 3.8) is 0 Å². The maximum atomic E-state index is 13.0. The number of aryl methyl sites for hydroxylation is 1. The Labute approximate surface area is 200 Å². The zero-order valence-corrected chi connectivity index (χ0v) is 20.1. The van der Waals surface area contributed by atoms with Crippen molar-refractivity contribution >= 4 is 11.9 Å². The number of carbonyl (C=O) groups excluding carboxylic acids is 1. The minimum absolute atomic E-state index is 0.00419. The topological polar surface area (TPSA) is 121 Å². The summed E-state index contributed by atoms with van der Waals surface area (Å²) < 4.78 is 7.99. The normalized spacial score (nSPS) is 21.0. The van der Waals surface area contributed by atoms with Gasteiger partial charge in [0.1, 0.15) is 5.69 Å². The molecule has 1 aromatic carbocycles. The lowest BCUT2D eigenvalue weighted by atomic mass is 10.0. The summed E-state index contributed by atoms with van der Waals surface area (Å²) in [6.07, 6.45) is 2.59. The summed E-state index contributed by atoms with van der Waals surface area (Å²) in [4.78, 5) is 28.3. The van der Waals surface area contributed by atoms with Gasteiger partial charge >= 0.3 is 5.97 Å². The smallest absolute Gasteiger partial charge is 0.336 e. The van der Waals surface area contributed by atoms with E-state index in [-0.39, 0.29) is 42.7 Å². The van der Waals surface area contributed by atoms with Crippen molar-refractivity contribution in [3.8, 4) is 0 Å². The molecule has 34 heavy (non-hydrogen) atoms. The number of ether oxygens (including phenoxy) is 1. The summed E-state index contributed by atoms with van der Waals surface area (Å²) in [6, 6.07) is 6.67. The van der Waals surface area contributed by atoms with Crippen LogP contribution in [0.2, 0.25) is 0 Å². The van der Waals surface area contributed by atoms with Gasteiger partial charge in [0.05, 0.1) is 37.1 Å². The van der Waals surface area contributed by atoms with Crippen LogP contribution in [0.3, 0.4) is 0 Å². The summed E-state index contributed by atoms with van der Waals surface area (Å²) in [5, 5.41) is 27.5. The average Bonchev–Trinajstić information content (AvgIpc) is 3.26. The van der Waals surface area contributed by atoms with Crippen molar-refractivity contribution < 1.29 is 24.5 Å². The Balaban J connectivity index is 1.79. The number of carboxylic acids is 1. The molecule has 2 N–H and O–H groups in total. The Morgan fingerprint density at radius 1 is 1.35 bits per heavy atom. The van der Waals surface area contributed by atoms with Gasteiger partial charge in [-0.1, -0.05) is 30.3 Å². The lowest BCUT2D eigenvalue weighted by Gasteiger charge is -2.35. The predicted molar refractivity (Wildman–Crippen MR) is 125 cm³/mol. The van der Waals surface area contributed by atoms with Crippen molar-refractivity contribution in [2.75, 3.05) is 26.7 Å². The van der Waals surface area contributed by atoms with E-state index < -0.39 is 5.97 Å². The van der Waals surface area contributed by atoms with Crippen molar-refractivity contribution in [2.24, 2.45) is 5.92 Å². The number of amides is 1. The van der Waals surface area contributed by atoms with Gasteiger partial charge in [0.25, 0.3) is 0 Å². The third-order valence-corrected chi connectivity index (χ3v) is 6.22. The molecule has 2 heterocycles. The molecule has 1 aliphatic heterocycles. The Hall–Kier alpha value is -2.82. The Morgan fingerprint density at radius 3 is 2.85 bits per heavy atom. The number of carboxylic acid groups (broad SMARTS) is 1. The SMILES string of the molecule is C[C@@H]1CN([C@@H](C)CO)C(=O)CCCn2cc(nn2)CO[C@H]1CN(C)Cc1ccccc1C(=O)O. The molecule has 2 aromatic rings. The van der Waals surface area contributed by atoms with Gasteiger partial charge in [-0.25, -0.2) is 4.79 Å². The van der Waals surface area contributed by atoms with Gasteiger partial charge < -0.3 is 19.8 Å². The van der Waals surface area contributed by atoms with E-state index in [0.717, 1.165) is 11.3 Å². The van der Waals surface area contributed by atoms with E-state index in [1.54, 1.807) is 21.7 Å². The van der Waals surface area contributed by atoms with Gasteiger partial charge in [-0.2, -0.15) is 0 Å². The number of hydrogen-bond donors (Lipinski definition) is 2. The standard InChI is InChI=1S/C24H35N5O5/c1-17-11-29(18(2)15-30)23(31)9-6-10-28-13-20(25-26-28)16-34-22(17)14-27(3)12-19-7-4-5-8-21(19)24(32)33/h4-5,7-8,13,17-18,22,30H,6,9-12,14-16H2,1-3H3,(H,32,33)/t17-,18+,22+/m1/s1. The summed E-state index contributed by atoms with van der Waals surface area (Å²) in [5.41, 5.74) is 1.73. The van der Waals surface area contributed by atoms with Crippen LogP contribution >= 0.6 is 0 Å². The first-order valence-corrected chi connectivity index (χ1v) is 11.7. The van der Waals surface area contributed by atoms with Gasteiger partial charge in [0.2, 0.25) is 5.91 Å². The number of benzene rings is 1. The molecule has 0 spiro atoms. The van der Waals surface area contributed by atoms with E-state index in [0.29, 0.717) is 39.0 Å². The van der Waals surface area contributed by atoms with E-state index in [1.165, 1.54) is 0 Å². The largest absolute Gasteiger partial charge is 0.478 e. The number of aromatic nitrogens is 3. The highest BCUT2D eigenvalue weighted by atomic mass is 16.5. The maximum absolute atomic E-state index is 13.0. The van der Waals surface area contributed by atoms with Crippen LogP contribution in [0.15, 0.2) is 30.5 Å². The molecular weight excluding hydrogens is 438 g/mol. The molecule has 10 heteroatoms. The summed E-state index contributed by atoms with van der Waals surface area (Å²) in [7, 11) is 1.92. The Bertz CT molecular complexity index is 965. The second-order valence-corrected chi connectivity index (χ2v) is 9.14. The van der Waals surface area contributed by atoms with Crippen LogP contribution in [0.1, 0.15) is 48.3 Å². The van der Waals surface area contributed by atoms with E-state index in [9.17, 15) is 19.8 Å². The zero-order valence-electron chi connectivity index (χ0n) is 20.1. The number of fused-ring (bicyclic) bond motifs is 2. The predicted octanol–water partition coefficient (Wildman–Crippen LogP) is 1.63. The molecule has 0 aliphatic carbocycles. The highest BCUT2D eigenvalue weighted by Gasteiger charge is 2.28. The van der Waals surface area contributed by atoms with E-state index in [2.05, 4.69) is 10.3 Å². The van der Waals surface area contributed by atoms with Gasteiger partial charge in [0.15, 0.2) is 0 Å².